The van der Waals surface area contributed by atoms with Gasteiger partial charge in [0.25, 0.3) is 10.0 Å². The van der Waals surface area contributed by atoms with Gasteiger partial charge in [-0.1, -0.05) is 13.0 Å². The Morgan fingerprint density at radius 1 is 1.08 bits per heavy atom. The molecule has 0 radical (unpaired) electrons. The van der Waals surface area contributed by atoms with E-state index in [1.807, 2.05) is 19.9 Å². The first-order valence-electron chi connectivity index (χ1n) is 7.84. The second-order valence-electron chi connectivity index (χ2n) is 5.67. The fourth-order valence-corrected chi connectivity index (χ4v) is 3.28. The lowest BCUT2D eigenvalue weighted by Crippen LogP contribution is -2.15. The Balaban J connectivity index is 2.36. The summed E-state index contributed by atoms with van der Waals surface area (Å²) in [5.74, 6) is 0.168. The van der Waals surface area contributed by atoms with Crippen molar-refractivity contribution in [2.24, 2.45) is 0 Å². The molecule has 0 heterocycles. The quantitative estimate of drug-likeness (QED) is 0.824. The van der Waals surface area contributed by atoms with Gasteiger partial charge in [-0.3, -0.25) is 9.52 Å². The molecule has 0 aliphatic heterocycles. The zero-order valence-electron chi connectivity index (χ0n) is 14.7. The molecule has 134 valence electrons. The van der Waals surface area contributed by atoms with E-state index >= 15 is 0 Å². The molecule has 0 bridgehead atoms. The molecule has 0 aliphatic carbocycles. The Bertz CT molecular complexity index is 892. The van der Waals surface area contributed by atoms with Crippen LogP contribution in [-0.4, -0.2) is 21.4 Å². The van der Waals surface area contributed by atoms with Crippen LogP contribution in [0.5, 0.6) is 5.75 Å². The fourth-order valence-electron chi connectivity index (χ4n) is 2.21. The summed E-state index contributed by atoms with van der Waals surface area (Å²) >= 11 is 0. The number of amides is 1. The molecule has 1 amide bonds. The molecule has 0 saturated heterocycles. The van der Waals surface area contributed by atoms with Crippen LogP contribution in [0.25, 0.3) is 0 Å². The summed E-state index contributed by atoms with van der Waals surface area (Å²) in [5, 5.41) is 2.65. The summed E-state index contributed by atoms with van der Waals surface area (Å²) in [5.41, 5.74) is 2.87. The highest BCUT2D eigenvalue weighted by molar-refractivity contribution is 7.92. The van der Waals surface area contributed by atoms with Gasteiger partial charge < -0.3 is 10.1 Å². The highest BCUT2D eigenvalue weighted by Crippen LogP contribution is 2.29. The molecule has 0 saturated carbocycles. The summed E-state index contributed by atoms with van der Waals surface area (Å²) < 4.78 is 33.0. The number of rotatable bonds is 6. The van der Waals surface area contributed by atoms with E-state index in [9.17, 15) is 13.2 Å². The molecule has 25 heavy (non-hydrogen) atoms. The van der Waals surface area contributed by atoms with Gasteiger partial charge in [0.05, 0.1) is 17.7 Å². The first-order chi connectivity index (χ1) is 11.8. The number of carbonyl (C=O) groups excluding carboxylic acids is 1. The number of methoxy groups -OCH3 is 1. The van der Waals surface area contributed by atoms with Gasteiger partial charge in [-0.25, -0.2) is 8.42 Å². The zero-order chi connectivity index (χ0) is 18.6. The Morgan fingerprint density at radius 3 is 2.40 bits per heavy atom. The molecule has 0 unspecified atom stereocenters. The summed E-state index contributed by atoms with van der Waals surface area (Å²) in [7, 11) is -2.33. The third-order valence-electron chi connectivity index (χ3n) is 3.84. The van der Waals surface area contributed by atoms with Gasteiger partial charge in [-0.15, -0.1) is 0 Å². The van der Waals surface area contributed by atoms with Crippen LogP contribution in [0.3, 0.4) is 0 Å². The van der Waals surface area contributed by atoms with E-state index in [1.54, 1.807) is 19.1 Å². The molecular formula is C18H22N2O4S. The molecule has 0 atom stereocenters. The molecule has 0 fully saturated rings. The van der Waals surface area contributed by atoms with Crippen LogP contribution in [0.2, 0.25) is 0 Å². The fraction of sp³-hybridized carbons (Fsp3) is 0.278. The van der Waals surface area contributed by atoms with E-state index in [4.69, 9.17) is 4.74 Å². The van der Waals surface area contributed by atoms with Crippen molar-refractivity contribution in [3.63, 3.8) is 0 Å². The van der Waals surface area contributed by atoms with Crippen LogP contribution >= 0.6 is 0 Å². The molecule has 7 heteroatoms. The van der Waals surface area contributed by atoms with Crippen molar-refractivity contribution in [2.75, 3.05) is 17.1 Å². The van der Waals surface area contributed by atoms with E-state index in [0.717, 1.165) is 11.1 Å². The van der Waals surface area contributed by atoms with E-state index in [-0.39, 0.29) is 17.2 Å². The molecule has 6 nitrogen and oxygen atoms in total. The van der Waals surface area contributed by atoms with Gasteiger partial charge in [-0.2, -0.15) is 0 Å². The number of aryl methyl sites for hydroxylation is 2. The molecule has 2 N–H and O–H groups in total. The molecule has 2 rings (SSSR count). The smallest absolute Gasteiger partial charge is 0.261 e. The molecule has 2 aromatic rings. The van der Waals surface area contributed by atoms with Crippen LogP contribution in [0, 0.1) is 13.8 Å². The van der Waals surface area contributed by atoms with E-state index in [0.29, 0.717) is 17.1 Å². The van der Waals surface area contributed by atoms with E-state index in [2.05, 4.69) is 10.0 Å². The van der Waals surface area contributed by atoms with Crippen molar-refractivity contribution in [1.82, 2.24) is 0 Å². The number of anilines is 2. The Kier molecular flexibility index (Phi) is 5.69. The maximum Gasteiger partial charge on any atom is 0.261 e. The third-order valence-corrected chi connectivity index (χ3v) is 5.21. The van der Waals surface area contributed by atoms with Crippen LogP contribution in [-0.2, 0) is 14.8 Å². The SMILES string of the molecule is CCC(=O)Nc1cc(S(=O)(=O)Nc2ccc(C)c(C)c2)ccc1OC. The van der Waals surface area contributed by atoms with Gasteiger partial charge >= 0.3 is 0 Å². The summed E-state index contributed by atoms with van der Waals surface area (Å²) in [6.07, 6.45) is 0.279. The minimum absolute atomic E-state index is 0.0398. The molecule has 2 aromatic carbocycles. The predicted molar refractivity (Wildman–Crippen MR) is 98.6 cm³/mol. The van der Waals surface area contributed by atoms with Gasteiger partial charge in [-0.05, 0) is 55.3 Å². The topological polar surface area (TPSA) is 84.5 Å². The van der Waals surface area contributed by atoms with Crippen LogP contribution in [0.1, 0.15) is 24.5 Å². The van der Waals surface area contributed by atoms with E-state index in [1.165, 1.54) is 25.3 Å². The number of sulfonamides is 1. The number of benzene rings is 2. The van der Waals surface area contributed by atoms with E-state index < -0.39 is 10.0 Å². The Labute approximate surface area is 148 Å². The van der Waals surface area contributed by atoms with Gasteiger partial charge in [0.15, 0.2) is 0 Å². The molecular weight excluding hydrogens is 340 g/mol. The number of nitrogens with one attached hydrogen (secondary N) is 2. The zero-order valence-corrected chi connectivity index (χ0v) is 15.5. The first-order valence-corrected chi connectivity index (χ1v) is 9.33. The number of ether oxygens (including phenoxy) is 1. The first kappa shape index (κ1) is 18.8. The van der Waals surface area contributed by atoms with Gasteiger partial charge in [0, 0.05) is 12.1 Å². The Hall–Kier alpha value is -2.54. The van der Waals surface area contributed by atoms with Crippen molar-refractivity contribution >= 4 is 27.3 Å². The molecule has 0 aliphatic rings. The average molecular weight is 362 g/mol. The predicted octanol–water partition coefficient (Wildman–Crippen LogP) is 3.46. The summed E-state index contributed by atoms with van der Waals surface area (Å²) in [6.45, 7) is 5.59. The largest absolute Gasteiger partial charge is 0.495 e. The lowest BCUT2D eigenvalue weighted by molar-refractivity contribution is -0.115. The monoisotopic (exact) mass is 362 g/mol. The number of hydrogen-bond acceptors (Lipinski definition) is 4. The third kappa shape index (κ3) is 4.51. The van der Waals surface area contributed by atoms with Crippen molar-refractivity contribution in [2.45, 2.75) is 32.1 Å². The minimum atomic E-state index is -3.79. The average Bonchev–Trinajstić information content (AvgIpc) is 2.57. The summed E-state index contributed by atoms with van der Waals surface area (Å²) in [4.78, 5) is 11.7. The lowest BCUT2D eigenvalue weighted by atomic mass is 10.1. The lowest BCUT2D eigenvalue weighted by Gasteiger charge is -2.13. The maximum atomic E-state index is 12.6. The maximum absolute atomic E-state index is 12.6. The van der Waals surface area contributed by atoms with Crippen molar-refractivity contribution in [1.29, 1.82) is 0 Å². The van der Waals surface area contributed by atoms with Crippen molar-refractivity contribution < 1.29 is 17.9 Å². The van der Waals surface area contributed by atoms with Crippen LogP contribution in [0.15, 0.2) is 41.3 Å². The Morgan fingerprint density at radius 2 is 1.80 bits per heavy atom. The molecule has 0 spiro atoms. The van der Waals surface area contributed by atoms with Crippen molar-refractivity contribution in [3.05, 3.63) is 47.5 Å². The molecule has 0 aromatic heterocycles. The highest BCUT2D eigenvalue weighted by atomic mass is 32.2. The van der Waals surface area contributed by atoms with Crippen LogP contribution < -0.4 is 14.8 Å². The second kappa shape index (κ2) is 7.57. The normalized spacial score (nSPS) is 11.0. The van der Waals surface area contributed by atoms with Gasteiger partial charge in [0.1, 0.15) is 5.75 Å². The van der Waals surface area contributed by atoms with Crippen LogP contribution in [0.4, 0.5) is 11.4 Å². The van der Waals surface area contributed by atoms with Crippen molar-refractivity contribution in [3.8, 4) is 5.75 Å². The standard InChI is InChI=1S/C18H22N2O4S/c1-5-18(21)19-16-11-15(8-9-17(16)24-4)25(22,23)20-14-7-6-12(2)13(3)10-14/h6-11,20H,5H2,1-4H3,(H,19,21). The number of hydrogen-bond donors (Lipinski definition) is 2. The minimum Gasteiger partial charge on any atom is -0.495 e. The van der Waals surface area contributed by atoms with Gasteiger partial charge in [0.2, 0.25) is 5.91 Å². The summed E-state index contributed by atoms with van der Waals surface area (Å²) in [6, 6.07) is 9.67. The second-order valence-corrected chi connectivity index (χ2v) is 7.35. The highest BCUT2D eigenvalue weighted by Gasteiger charge is 2.18. The number of carbonyl (C=O) groups is 1.